The van der Waals surface area contributed by atoms with Gasteiger partial charge in [0.25, 0.3) is 0 Å². The van der Waals surface area contributed by atoms with Gasteiger partial charge in [0.2, 0.25) is 0 Å². The van der Waals surface area contributed by atoms with Crippen molar-refractivity contribution in [1.29, 1.82) is 0 Å². The molecule has 0 spiro atoms. The lowest BCUT2D eigenvalue weighted by Gasteiger charge is -2.10. The van der Waals surface area contributed by atoms with Crippen molar-refractivity contribution >= 4 is 0 Å². The maximum Gasteiger partial charge on any atom is 0.0337 e. The van der Waals surface area contributed by atoms with Crippen LogP contribution in [-0.2, 0) is 0 Å². The van der Waals surface area contributed by atoms with E-state index in [0.29, 0.717) is 5.92 Å². The van der Waals surface area contributed by atoms with Crippen molar-refractivity contribution in [3.8, 4) is 0 Å². The highest BCUT2D eigenvalue weighted by Gasteiger charge is 2.25. The summed E-state index contributed by atoms with van der Waals surface area (Å²) >= 11 is 0. The van der Waals surface area contributed by atoms with Crippen molar-refractivity contribution in [1.82, 2.24) is 5.32 Å². The molecule has 0 aliphatic heterocycles. The van der Waals surface area contributed by atoms with E-state index in [-0.39, 0.29) is 0 Å². The van der Waals surface area contributed by atoms with Crippen LogP contribution in [-0.4, -0.2) is 0 Å². The van der Waals surface area contributed by atoms with E-state index in [9.17, 15) is 0 Å². The molecule has 1 fully saturated rings. The lowest BCUT2D eigenvalue weighted by Crippen LogP contribution is -2.15. The van der Waals surface area contributed by atoms with Crippen molar-refractivity contribution in [2.24, 2.45) is 11.7 Å². The lowest BCUT2D eigenvalue weighted by molar-refractivity contribution is 0.800. The second kappa shape index (κ2) is 4.19. The second-order valence-electron chi connectivity index (χ2n) is 3.19. The van der Waals surface area contributed by atoms with E-state index in [1.807, 2.05) is 6.92 Å². The van der Waals surface area contributed by atoms with Crippen molar-refractivity contribution in [3.05, 3.63) is 23.7 Å². The molecule has 1 rings (SSSR count). The maximum atomic E-state index is 5.52. The third kappa shape index (κ3) is 2.29. The zero-order valence-corrected chi connectivity index (χ0v) is 7.93. The molecule has 0 aromatic carbocycles. The van der Waals surface area contributed by atoms with E-state index in [2.05, 4.69) is 18.3 Å². The van der Waals surface area contributed by atoms with Gasteiger partial charge in [-0.2, -0.15) is 0 Å². The van der Waals surface area contributed by atoms with E-state index in [1.54, 1.807) is 6.20 Å². The highest BCUT2D eigenvalue weighted by atomic mass is 14.9. The van der Waals surface area contributed by atoms with Crippen LogP contribution in [0.5, 0.6) is 0 Å². The number of rotatable bonds is 4. The van der Waals surface area contributed by atoms with Crippen LogP contribution in [0.15, 0.2) is 23.7 Å². The first-order valence-electron chi connectivity index (χ1n) is 4.65. The van der Waals surface area contributed by atoms with Gasteiger partial charge in [-0.25, -0.2) is 0 Å². The maximum absolute atomic E-state index is 5.52. The van der Waals surface area contributed by atoms with Gasteiger partial charge in [-0.05, 0) is 26.2 Å². The first-order valence-corrected chi connectivity index (χ1v) is 4.65. The molecule has 1 aliphatic rings. The average molecular weight is 166 g/mol. The van der Waals surface area contributed by atoms with Gasteiger partial charge in [0.05, 0.1) is 0 Å². The topological polar surface area (TPSA) is 38.0 Å². The molecule has 0 saturated heterocycles. The lowest BCUT2D eigenvalue weighted by atomic mass is 10.2. The standard InChI is InChI=1S/C10H18N2/c1-3-9(4-2)12-10(7-11)8-5-6-8/h3,7-8,12H,4-6,11H2,1-2H3/b9-3-,10-7-. The van der Waals surface area contributed by atoms with Gasteiger partial charge in [-0.3, -0.25) is 0 Å². The van der Waals surface area contributed by atoms with Gasteiger partial charge < -0.3 is 11.1 Å². The Morgan fingerprint density at radius 3 is 2.58 bits per heavy atom. The molecule has 0 amide bonds. The zero-order chi connectivity index (χ0) is 8.97. The minimum Gasteiger partial charge on any atom is -0.403 e. The molecule has 2 heteroatoms. The molecular weight excluding hydrogens is 148 g/mol. The molecule has 12 heavy (non-hydrogen) atoms. The average Bonchev–Trinajstić information content (AvgIpc) is 2.90. The Labute approximate surface area is 74.5 Å². The highest BCUT2D eigenvalue weighted by molar-refractivity contribution is 5.15. The Morgan fingerprint density at radius 2 is 2.25 bits per heavy atom. The van der Waals surface area contributed by atoms with Crippen molar-refractivity contribution < 1.29 is 0 Å². The van der Waals surface area contributed by atoms with Crippen molar-refractivity contribution in [3.63, 3.8) is 0 Å². The van der Waals surface area contributed by atoms with E-state index < -0.39 is 0 Å². The molecule has 0 atom stereocenters. The summed E-state index contributed by atoms with van der Waals surface area (Å²) < 4.78 is 0. The van der Waals surface area contributed by atoms with E-state index in [1.165, 1.54) is 24.2 Å². The van der Waals surface area contributed by atoms with E-state index in [0.717, 1.165) is 6.42 Å². The van der Waals surface area contributed by atoms with Crippen LogP contribution in [0.4, 0.5) is 0 Å². The van der Waals surface area contributed by atoms with Crippen LogP contribution in [0.25, 0.3) is 0 Å². The third-order valence-electron chi connectivity index (χ3n) is 2.23. The summed E-state index contributed by atoms with van der Waals surface area (Å²) in [6.45, 7) is 4.19. The molecular formula is C10H18N2. The van der Waals surface area contributed by atoms with E-state index in [4.69, 9.17) is 5.73 Å². The number of hydrogen-bond donors (Lipinski definition) is 2. The molecule has 0 unspecified atom stereocenters. The summed E-state index contributed by atoms with van der Waals surface area (Å²) in [7, 11) is 0. The van der Waals surface area contributed by atoms with Gasteiger partial charge in [0.1, 0.15) is 0 Å². The van der Waals surface area contributed by atoms with Gasteiger partial charge in [-0.1, -0.05) is 13.0 Å². The molecule has 0 bridgehead atoms. The smallest absolute Gasteiger partial charge is 0.0337 e. The third-order valence-corrected chi connectivity index (χ3v) is 2.23. The summed E-state index contributed by atoms with van der Waals surface area (Å²) in [6.07, 6.45) is 7.43. The van der Waals surface area contributed by atoms with Crippen molar-refractivity contribution in [2.45, 2.75) is 33.1 Å². The fraction of sp³-hybridized carbons (Fsp3) is 0.600. The first kappa shape index (κ1) is 9.17. The predicted octanol–water partition coefficient (Wildman–Crippen LogP) is 2.10. The van der Waals surface area contributed by atoms with Crippen LogP contribution >= 0.6 is 0 Å². The Morgan fingerprint density at radius 1 is 1.58 bits per heavy atom. The number of nitrogens with one attached hydrogen (secondary N) is 1. The quantitative estimate of drug-likeness (QED) is 0.671. The minimum atomic E-state index is 0.705. The Balaban J connectivity index is 2.46. The Hall–Kier alpha value is -0.920. The number of allylic oxidation sites excluding steroid dienone is 3. The molecule has 0 aromatic heterocycles. The minimum absolute atomic E-state index is 0.705. The summed E-state index contributed by atoms with van der Waals surface area (Å²) in [5, 5.41) is 3.36. The monoisotopic (exact) mass is 166 g/mol. The molecule has 0 radical (unpaired) electrons. The first-order chi connectivity index (χ1) is 5.81. The number of nitrogens with two attached hydrogens (primary N) is 1. The molecule has 1 saturated carbocycles. The molecule has 68 valence electrons. The molecule has 1 aliphatic carbocycles. The fourth-order valence-corrected chi connectivity index (χ4v) is 1.22. The summed E-state index contributed by atoms with van der Waals surface area (Å²) in [6, 6.07) is 0. The van der Waals surface area contributed by atoms with Gasteiger partial charge in [0, 0.05) is 23.5 Å². The summed E-state index contributed by atoms with van der Waals surface area (Å²) in [4.78, 5) is 0. The summed E-state index contributed by atoms with van der Waals surface area (Å²) in [5.41, 5.74) is 7.98. The fourth-order valence-electron chi connectivity index (χ4n) is 1.22. The highest BCUT2D eigenvalue weighted by Crippen LogP contribution is 2.35. The Bertz CT molecular complexity index is 200. The van der Waals surface area contributed by atoms with Gasteiger partial charge in [0.15, 0.2) is 0 Å². The number of hydrogen-bond acceptors (Lipinski definition) is 2. The van der Waals surface area contributed by atoms with Gasteiger partial charge in [-0.15, -0.1) is 0 Å². The summed E-state index contributed by atoms with van der Waals surface area (Å²) in [5.74, 6) is 0.705. The van der Waals surface area contributed by atoms with Crippen LogP contribution in [0.2, 0.25) is 0 Å². The molecule has 3 N–H and O–H groups in total. The van der Waals surface area contributed by atoms with Crippen LogP contribution in [0.1, 0.15) is 33.1 Å². The SMILES string of the molecule is C/C=C(/CC)N/C(=C\N)C1CC1. The van der Waals surface area contributed by atoms with Crippen LogP contribution in [0, 0.1) is 5.92 Å². The zero-order valence-electron chi connectivity index (χ0n) is 7.93. The Kier molecular flexibility index (Phi) is 3.20. The molecule has 2 nitrogen and oxygen atoms in total. The van der Waals surface area contributed by atoms with Crippen LogP contribution < -0.4 is 11.1 Å². The van der Waals surface area contributed by atoms with Gasteiger partial charge >= 0.3 is 0 Å². The van der Waals surface area contributed by atoms with Crippen LogP contribution in [0.3, 0.4) is 0 Å². The molecule has 0 aromatic rings. The van der Waals surface area contributed by atoms with Crippen molar-refractivity contribution in [2.75, 3.05) is 0 Å². The normalized spacial score (nSPS) is 19.5. The van der Waals surface area contributed by atoms with E-state index >= 15 is 0 Å². The second-order valence-corrected chi connectivity index (χ2v) is 3.19. The molecule has 0 heterocycles. The largest absolute Gasteiger partial charge is 0.403 e. The predicted molar refractivity (Wildman–Crippen MR) is 52.2 cm³/mol.